The van der Waals surface area contributed by atoms with Crippen molar-refractivity contribution in [2.75, 3.05) is 52.9 Å². The van der Waals surface area contributed by atoms with Gasteiger partial charge in [0.25, 0.3) is 0 Å². The van der Waals surface area contributed by atoms with Crippen LogP contribution < -0.4 is 0 Å². The van der Waals surface area contributed by atoms with Gasteiger partial charge in [0.15, 0.2) is 0 Å². The lowest BCUT2D eigenvalue weighted by Crippen LogP contribution is -2.19. The minimum atomic E-state index is -0.367. The number of aliphatic hydroxyl groups is 2. The zero-order valence-corrected chi connectivity index (χ0v) is 21.2. The molecule has 194 valence electrons. The van der Waals surface area contributed by atoms with Gasteiger partial charge in [-0.05, 0) is 12.8 Å². The predicted octanol–water partition coefficient (Wildman–Crippen LogP) is 5.28. The molecule has 0 saturated heterocycles. The van der Waals surface area contributed by atoms with Crippen LogP contribution >= 0.6 is 0 Å². The molecule has 0 unspecified atom stereocenters. The molecule has 0 aromatic carbocycles. The summed E-state index contributed by atoms with van der Waals surface area (Å²) in [6.45, 7) is 8.25. The Morgan fingerprint density at radius 2 is 0.750 bits per heavy atom. The van der Waals surface area contributed by atoms with Crippen molar-refractivity contribution in [3.05, 3.63) is 0 Å². The summed E-state index contributed by atoms with van der Waals surface area (Å²) in [6.07, 6.45) is 15.8. The molecule has 0 amide bonds. The third-order valence-corrected chi connectivity index (χ3v) is 5.52. The maximum absolute atomic E-state index is 9.90. The van der Waals surface area contributed by atoms with Crippen molar-refractivity contribution in [1.82, 2.24) is 0 Å². The van der Waals surface area contributed by atoms with E-state index in [9.17, 15) is 10.2 Å². The minimum absolute atomic E-state index is 0.367. The fraction of sp³-hybridized carbons (Fsp3) is 1.00. The van der Waals surface area contributed by atoms with Gasteiger partial charge in [-0.3, -0.25) is 0 Å². The van der Waals surface area contributed by atoms with Crippen molar-refractivity contribution >= 4 is 0 Å². The average Bonchev–Trinajstić information content (AvgIpc) is 2.79. The summed E-state index contributed by atoms with van der Waals surface area (Å²) in [6, 6.07) is 0. The zero-order chi connectivity index (χ0) is 23.5. The number of aliphatic hydroxyl groups excluding tert-OH is 2. The lowest BCUT2D eigenvalue weighted by Gasteiger charge is -2.12. The molecule has 6 nitrogen and oxygen atoms in total. The number of ether oxygens (including phenoxy) is 4. The van der Waals surface area contributed by atoms with Gasteiger partial charge in [-0.25, -0.2) is 0 Å². The smallest absolute Gasteiger partial charge is 0.0773 e. The Labute approximate surface area is 198 Å². The summed E-state index contributed by atoms with van der Waals surface area (Å²) in [5, 5.41) is 19.8. The molecule has 0 bridgehead atoms. The maximum Gasteiger partial charge on any atom is 0.0773 e. The van der Waals surface area contributed by atoms with E-state index < -0.39 is 0 Å². The van der Waals surface area contributed by atoms with Crippen molar-refractivity contribution < 1.29 is 29.2 Å². The minimum Gasteiger partial charge on any atom is -0.391 e. The van der Waals surface area contributed by atoms with Gasteiger partial charge in [-0.1, -0.05) is 90.9 Å². The molecule has 0 rings (SSSR count). The van der Waals surface area contributed by atoms with E-state index in [-0.39, 0.29) is 12.2 Å². The second kappa shape index (κ2) is 27.0. The number of hydrogen-bond acceptors (Lipinski definition) is 6. The Bertz CT molecular complexity index is 310. The lowest BCUT2D eigenvalue weighted by molar-refractivity contribution is -0.0259. The molecule has 0 aromatic heterocycles. The Hall–Kier alpha value is -0.240. The summed E-state index contributed by atoms with van der Waals surface area (Å²) >= 11 is 0. The maximum atomic E-state index is 9.90. The summed E-state index contributed by atoms with van der Waals surface area (Å²) in [5.74, 6) is 0. The number of hydrogen-bond donors (Lipinski definition) is 2. The van der Waals surface area contributed by atoms with Crippen LogP contribution in [0.25, 0.3) is 0 Å². The van der Waals surface area contributed by atoms with E-state index in [1.165, 1.54) is 64.2 Å². The highest BCUT2D eigenvalue weighted by atomic mass is 16.6. The fourth-order valence-electron chi connectivity index (χ4n) is 3.48. The summed E-state index contributed by atoms with van der Waals surface area (Å²) < 4.78 is 21.9. The van der Waals surface area contributed by atoms with Gasteiger partial charge in [0.1, 0.15) is 0 Å². The van der Waals surface area contributed by atoms with Crippen molar-refractivity contribution in [2.45, 2.75) is 116 Å². The van der Waals surface area contributed by atoms with Crippen molar-refractivity contribution in [3.63, 3.8) is 0 Å². The van der Waals surface area contributed by atoms with Crippen molar-refractivity contribution in [2.24, 2.45) is 0 Å². The lowest BCUT2D eigenvalue weighted by atomic mass is 10.1. The fourth-order valence-corrected chi connectivity index (χ4v) is 3.48. The van der Waals surface area contributed by atoms with E-state index in [1.807, 2.05) is 0 Å². The molecule has 6 heteroatoms. The van der Waals surface area contributed by atoms with Crippen LogP contribution in [-0.4, -0.2) is 75.3 Å². The van der Waals surface area contributed by atoms with Crippen LogP contribution in [-0.2, 0) is 18.9 Å². The molecular weight excluding hydrogens is 408 g/mol. The Morgan fingerprint density at radius 1 is 0.438 bits per heavy atom. The first-order valence-corrected chi connectivity index (χ1v) is 13.4. The van der Waals surface area contributed by atoms with E-state index in [2.05, 4.69) is 13.8 Å². The van der Waals surface area contributed by atoms with Crippen LogP contribution in [0.4, 0.5) is 0 Å². The van der Waals surface area contributed by atoms with Crippen LogP contribution in [0.15, 0.2) is 0 Å². The topological polar surface area (TPSA) is 77.4 Å². The normalized spacial score (nSPS) is 13.5. The first-order chi connectivity index (χ1) is 15.7. The third kappa shape index (κ3) is 26.0. The first-order valence-electron chi connectivity index (χ1n) is 13.4. The van der Waals surface area contributed by atoms with Gasteiger partial charge in [0.05, 0.1) is 65.1 Å². The van der Waals surface area contributed by atoms with Crippen molar-refractivity contribution in [3.8, 4) is 0 Å². The van der Waals surface area contributed by atoms with E-state index in [1.54, 1.807) is 0 Å². The Balaban J connectivity index is 3.19. The summed E-state index contributed by atoms with van der Waals surface area (Å²) in [5.41, 5.74) is 0. The van der Waals surface area contributed by atoms with Gasteiger partial charge in [0, 0.05) is 0 Å². The SMILES string of the molecule is CCCCCCCC[C@H](O)COCCOCCOCCOC[C@@H](O)CCCCCCCC. The Morgan fingerprint density at radius 3 is 1.12 bits per heavy atom. The van der Waals surface area contributed by atoms with Crippen LogP contribution in [0.1, 0.15) is 104 Å². The van der Waals surface area contributed by atoms with E-state index in [4.69, 9.17) is 18.9 Å². The van der Waals surface area contributed by atoms with Crippen LogP contribution in [0.3, 0.4) is 0 Å². The molecule has 0 aliphatic rings. The highest BCUT2D eigenvalue weighted by molar-refractivity contribution is 4.56. The van der Waals surface area contributed by atoms with Gasteiger partial charge in [0.2, 0.25) is 0 Å². The summed E-state index contributed by atoms with van der Waals surface area (Å²) in [7, 11) is 0. The van der Waals surface area contributed by atoms with Gasteiger partial charge >= 0.3 is 0 Å². The standard InChI is InChI=1S/C26H54O6/c1-3-5-7-9-11-13-15-25(27)23-31-21-19-29-17-18-30-20-22-32-24-26(28)16-14-12-10-8-6-4-2/h25-28H,3-24H2,1-2H3/t25-,26-/m0/s1. The van der Waals surface area contributed by atoms with Gasteiger partial charge < -0.3 is 29.2 Å². The molecule has 2 N–H and O–H groups in total. The van der Waals surface area contributed by atoms with Crippen LogP contribution in [0.2, 0.25) is 0 Å². The molecular formula is C26H54O6. The second-order valence-corrected chi connectivity index (χ2v) is 8.80. The molecule has 0 saturated carbocycles. The molecule has 2 atom stereocenters. The molecule has 0 spiro atoms. The van der Waals surface area contributed by atoms with E-state index in [0.29, 0.717) is 52.9 Å². The molecule has 0 aromatic rings. The molecule has 32 heavy (non-hydrogen) atoms. The monoisotopic (exact) mass is 462 g/mol. The second-order valence-electron chi connectivity index (χ2n) is 8.80. The number of unbranched alkanes of at least 4 members (excludes halogenated alkanes) is 10. The highest BCUT2D eigenvalue weighted by Gasteiger charge is 2.05. The van der Waals surface area contributed by atoms with Gasteiger partial charge in [-0.15, -0.1) is 0 Å². The zero-order valence-electron chi connectivity index (χ0n) is 21.2. The molecule has 0 aliphatic carbocycles. The number of rotatable bonds is 27. The molecule has 0 aliphatic heterocycles. The highest BCUT2D eigenvalue weighted by Crippen LogP contribution is 2.09. The third-order valence-electron chi connectivity index (χ3n) is 5.52. The largest absolute Gasteiger partial charge is 0.391 e. The van der Waals surface area contributed by atoms with Gasteiger partial charge in [-0.2, -0.15) is 0 Å². The molecule has 0 fully saturated rings. The van der Waals surface area contributed by atoms with Crippen molar-refractivity contribution in [1.29, 1.82) is 0 Å². The van der Waals surface area contributed by atoms with Crippen LogP contribution in [0.5, 0.6) is 0 Å². The predicted molar refractivity (Wildman–Crippen MR) is 131 cm³/mol. The van der Waals surface area contributed by atoms with Crippen LogP contribution in [0, 0.1) is 0 Å². The van der Waals surface area contributed by atoms with E-state index >= 15 is 0 Å². The average molecular weight is 463 g/mol. The molecule has 0 radical (unpaired) electrons. The Kier molecular flexibility index (Phi) is 26.8. The summed E-state index contributed by atoms with van der Waals surface area (Å²) in [4.78, 5) is 0. The molecule has 0 heterocycles. The quantitative estimate of drug-likeness (QED) is 0.162. The first kappa shape index (κ1) is 31.8. The van der Waals surface area contributed by atoms with E-state index in [0.717, 1.165) is 25.7 Å².